The van der Waals surface area contributed by atoms with Crippen LogP contribution in [0.25, 0.3) is 12.2 Å². The van der Waals surface area contributed by atoms with Gasteiger partial charge in [0.2, 0.25) is 0 Å². The summed E-state index contributed by atoms with van der Waals surface area (Å²) in [7, 11) is 0. The van der Waals surface area contributed by atoms with Crippen LogP contribution in [0.15, 0.2) is 36.4 Å². The SMILES string of the molecule is C[C@@H]1C=c2ccc3c(c2CC1)CC=c1ccccc1=3. The van der Waals surface area contributed by atoms with Crippen LogP contribution in [0, 0.1) is 16.4 Å². The quantitative estimate of drug-likeness (QED) is 0.670. The highest BCUT2D eigenvalue weighted by Crippen LogP contribution is 2.20. The molecular formula is C19H18. The second-order valence-electron chi connectivity index (χ2n) is 5.84. The van der Waals surface area contributed by atoms with E-state index in [1.165, 1.54) is 33.7 Å². The van der Waals surface area contributed by atoms with Gasteiger partial charge in [0.25, 0.3) is 0 Å². The van der Waals surface area contributed by atoms with Gasteiger partial charge in [0, 0.05) is 0 Å². The Morgan fingerprint density at radius 2 is 1.79 bits per heavy atom. The fourth-order valence-electron chi connectivity index (χ4n) is 3.54. The minimum absolute atomic E-state index is 0.727. The van der Waals surface area contributed by atoms with E-state index in [9.17, 15) is 0 Å². The van der Waals surface area contributed by atoms with Gasteiger partial charge in [-0.2, -0.15) is 0 Å². The van der Waals surface area contributed by atoms with Crippen LogP contribution < -0.4 is 10.4 Å². The van der Waals surface area contributed by atoms with Gasteiger partial charge in [0.05, 0.1) is 0 Å². The Bertz CT molecular complexity index is 856. The van der Waals surface area contributed by atoms with Gasteiger partial charge >= 0.3 is 0 Å². The number of fused-ring (bicyclic) bond motifs is 4. The molecule has 4 rings (SSSR count). The predicted octanol–water partition coefficient (Wildman–Crippen LogP) is 2.67. The molecule has 0 spiro atoms. The van der Waals surface area contributed by atoms with Crippen molar-refractivity contribution in [2.45, 2.75) is 26.2 Å². The van der Waals surface area contributed by atoms with Crippen LogP contribution in [0.2, 0.25) is 0 Å². The molecule has 0 saturated heterocycles. The maximum absolute atomic E-state index is 2.44. The molecule has 0 unspecified atom stereocenters. The Balaban J connectivity index is 2.19. The normalized spacial score (nSPS) is 19.5. The highest BCUT2D eigenvalue weighted by molar-refractivity contribution is 5.47. The third-order valence-electron chi connectivity index (χ3n) is 4.56. The van der Waals surface area contributed by atoms with Crippen LogP contribution in [-0.2, 0) is 12.8 Å². The van der Waals surface area contributed by atoms with E-state index in [4.69, 9.17) is 0 Å². The summed E-state index contributed by atoms with van der Waals surface area (Å²) in [4.78, 5) is 0. The smallest absolute Gasteiger partial charge is 0.00791 e. The number of benzene rings is 2. The van der Waals surface area contributed by atoms with E-state index in [-0.39, 0.29) is 0 Å². The first kappa shape index (κ1) is 11.0. The molecule has 0 N–H and O–H groups in total. The zero-order chi connectivity index (χ0) is 12.8. The number of hydrogen-bond acceptors (Lipinski definition) is 0. The highest BCUT2D eigenvalue weighted by Gasteiger charge is 2.13. The second kappa shape index (κ2) is 4.09. The molecular weight excluding hydrogens is 228 g/mol. The molecule has 0 nitrogen and oxygen atoms in total. The van der Waals surface area contributed by atoms with Gasteiger partial charge in [-0.25, -0.2) is 0 Å². The molecule has 0 aliphatic heterocycles. The average molecular weight is 246 g/mol. The Morgan fingerprint density at radius 1 is 0.895 bits per heavy atom. The van der Waals surface area contributed by atoms with Crippen molar-refractivity contribution in [3.8, 4) is 0 Å². The molecule has 2 aliphatic carbocycles. The lowest BCUT2D eigenvalue weighted by Gasteiger charge is -2.19. The first-order chi connectivity index (χ1) is 9.33. The van der Waals surface area contributed by atoms with Gasteiger partial charge in [-0.05, 0) is 57.2 Å². The molecule has 0 bridgehead atoms. The summed E-state index contributed by atoms with van der Waals surface area (Å²) < 4.78 is 0. The van der Waals surface area contributed by atoms with Crippen LogP contribution in [0.5, 0.6) is 0 Å². The van der Waals surface area contributed by atoms with Crippen LogP contribution in [-0.4, -0.2) is 0 Å². The maximum atomic E-state index is 2.44. The molecule has 94 valence electrons. The Hall–Kier alpha value is -1.82. The van der Waals surface area contributed by atoms with Crippen LogP contribution in [0.1, 0.15) is 24.5 Å². The molecule has 0 amide bonds. The minimum Gasteiger partial charge on any atom is -0.0741 e. The molecule has 2 aliphatic rings. The van der Waals surface area contributed by atoms with E-state index in [0.717, 1.165) is 12.3 Å². The Kier molecular flexibility index (Phi) is 2.38. The highest BCUT2D eigenvalue weighted by atomic mass is 14.2. The van der Waals surface area contributed by atoms with Gasteiger partial charge in [0.1, 0.15) is 0 Å². The van der Waals surface area contributed by atoms with E-state index >= 15 is 0 Å². The lowest BCUT2D eigenvalue weighted by atomic mass is 9.86. The standard InChI is InChI=1S/C19H18/c1-13-6-9-17-15(12-13)8-11-18-16-5-3-2-4-14(16)7-10-19(17)18/h2-5,7-8,11-13H,6,9-10H2,1H3/t13-/m0/s1. The predicted molar refractivity (Wildman–Crippen MR) is 79.9 cm³/mol. The van der Waals surface area contributed by atoms with Crippen molar-refractivity contribution >= 4 is 12.2 Å². The van der Waals surface area contributed by atoms with E-state index in [1.807, 2.05) is 0 Å². The topological polar surface area (TPSA) is 0 Å². The third kappa shape index (κ3) is 1.67. The zero-order valence-electron chi connectivity index (χ0n) is 11.3. The van der Waals surface area contributed by atoms with Crippen LogP contribution in [0.3, 0.4) is 0 Å². The van der Waals surface area contributed by atoms with Gasteiger partial charge in [-0.15, -0.1) is 0 Å². The molecule has 0 saturated carbocycles. The molecule has 0 heterocycles. The van der Waals surface area contributed by atoms with E-state index < -0.39 is 0 Å². The first-order valence-corrected chi connectivity index (χ1v) is 7.25. The number of hydrogen-bond donors (Lipinski definition) is 0. The van der Waals surface area contributed by atoms with Crippen LogP contribution >= 0.6 is 0 Å². The summed E-state index contributed by atoms with van der Waals surface area (Å²) >= 11 is 0. The maximum Gasteiger partial charge on any atom is -0.00791 e. The molecule has 0 aromatic heterocycles. The minimum atomic E-state index is 0.727. The molecule has 1 atom stereocenters. The lowest BCUT2D eigenvalue weighted by molar-refractivity contribution is 0.656. The largest absolute Gasteiger partial charge is 0.0741 e. The monoisotopic (exact) mass is 246 g/mol. The van der Waals surface area contributed by atoms with Gasteiger partial charge in [0.15, 0.2) is 0 Å². The Labute approximate surface area is 113 Å². The van der Waals surface area contributed by atoms with Crippen molar-refractivity contribution in [1.82, 2.24) is 0 Å². The van der Waals surface area contributed by atoms with Gasteiger partial charge in [-0.3, -0.25) is 0 Å². The summed E-state index contributed by atoms with van der Waals surface area (Å²) in [6, 6.07) is 13.4. The number of rotatable bonds is 0. The van der Waals surface area contributed by atoms with Crippen molar-refractivity contribution in [2.75, 3.05) is 0 Å². The van der Waals surface area contributed by atoms with E-state index in [2.05, 4.69) is 55.5 Å². The van der Waals surface area contributed by atoms with Crippen molar-refractivity contribution in [3.63, 3.8) is 0 Å². The lowest BCUT2D eigenvalue weighted by Crippen LogP contribution is -2.22. The zero-order valence-corrected chi connectivity index (χ0v) is 11.3. The van der Waals surface area contributed by atoms with E-state index in [1.54, 1.807) is 11.1 Å². The summed E-state index contributed by atoms with van der Waals surface area (Å²) in [5.41, 5.74) is 3.17. The fourth-order valence-corrected chi connectivity index (χ4v) is 3.54. The van der Waals surface area contributed by atoms with Gasteiger partial charge < -0.3 is 0 Å². The Morgan fingerprint density at radius 3 is 2.74 bits per heavy atom. The molecule has 0 fully saturated rings. The summed E-state index contributed by atoms with van der Waals surface area (Å²) in [6.45, 7) is 2.32. The summed E-state index contributed by atoms with van der Waals surface area (Å²) in [6.07, 6.45) is 8.46. The third-order valence-corrected chi connectivity index (χ3v) is 4.56. The molecule has 0 heteroatoms. The summed E-state index contributed by atoms with van der Waals surface area (Å²) in [5.74, 6) is 0.727. The van der Waals surface area contributed by atoms with Crippen LogP contribution in [0.4, 0.5) is 0 Å². The van der Waals surface area contributed by atoms with Crippen molar-refractivity contribution in [3.05, 3.63) is 68.4 Å². The van der Waals surface area contributed by atoms with Gasteiger partial charge in [-0.1, -0.05) is 55.5 Å². The summed E-state index contributed by atoms with van der Waals surface area (Å²) in [5, 5.41) is 5.73. The molecule has 2 aromatic carbocycles. The van der Waals surface area contributed by atoms with Crippen molar-refractivity contribution in [1.29, 1.82) is 0 Å². The average Bonchev–Trinajstić information content (AvgIpc) is 2.46. The van der Waals surface area contributed by atoms with E-state index in [0.29, 0.717) is 0 Å². The van der Waals surface area contributed by atoms with Crippen molar-refractivity contribution in [2.24, 2.45) is 5.92 Å². The fraction of sp³-hybridized carbons (Fsp3) is 0.263. The first-order valence-electron chi connectivity index (χ1n) is 7.25. The molecule has 2 aromatic rings. The molecule has 0 radical (unpaired) electrons. The second-order valence-corrected chi connectivity index (χ2v) is 5.84. The van der Waals surface area contributed by atoms with Crippen molar-refractivity contribution < 1.29 is 0 Å². The molecule has 19 heavy (non-hydrogen) atoms.